The van der Waals surface area contributed by atoms with Crippen LogP contribution in [0.25, 0.3) is 17.0 Å². The number of fused-ring (bicyclic) bond motifs is 1. The summed E-state index contributed by atoms with van der Waals surface area (Å²) in [5, 5.41) is 4.85. The molecule has 84 valence electrons. The third-order valence-electron chi connectivity index (χ3n) is 2.37. The normalized spacial score (nSPS) is 10.9. The van der Waals surface area contributed by atoms with E-state index in [1.54, 1.807) is 29.2 Å². The summed E-state index contributed by atoms with van der Waals surface area (Å²) in [5.74, 6) is 0.598. The number of pyridine rings is 2. The number of rotatable bonds is 1. The van der Waals surface area contributed by atoms with Gasteiger partial charge in [0.05, 0.1) is 10.7 Å². The highest BCUT2D eigenvalue weighted by Crippen LogP contribution is 2.21. The Bertz CT molecular complexity index is 677. The average molecular weight is 246 g/mol. The summed E-state index contributed by atoms with van der Waals surface area (Å²) >= 11 is 5.90. The summed E-state index contributed by atoms with van der Waals surface area (Å²) < 4.78 is 1.58. The maximum Gasteiger partial charge on any atom is 0.182 e. The molecule has 0 amide bonds. The Hall–Kier alpha value is -2.14. The van der Waals surface area contributed by atoms with Gasteiger partial charge in [0.1, 0.15) is 0 Å². The van der Waals surface area contributed by atoms with E-state index in [9.17, 15) is 0 Å². The molecule has 0 saturated heterocycles. The molecule has 0 aliphatic heterocycles. The topological polar surface area (TPSA) is 69.1 Å². The molecule has 5 nitrogen and oxygen atoms in total. The first kappa shape index (κ1) is 10.0. The Morgan fingerprint density at radius 3 is 2.76 bits per heavy atom. The van der Waals surface area contributed by atoms with Gasteiger partial charge in [0.2, 0.25) is 0 Å². The second kappa shape index (κ2) is 3.71. The molecule has 3 aromatic rings. The van der Waals surface area contributed by atoms with E-state index in [2.05, 4.69) is 15.1 Å². The van der Waals surface area contributed by atoms with Gasteiger partial charge in [-0.1, -0.05) is 11.6 Å². The highest BCUT2D eigenvalue weighted by atomic mass is 35.5. The minimum Gasteiger partial charge on any atom is -0.396 e. The van der Waals surface area contributed by atoms with Crippen LogP contribution in [0.5, 0.6) is 0 Å². The van der Waals surface area contributed by atoms with Crippen molar-refractivity contribution in [1.29, 1.82) is 0 Å². The number of anilines is 1. The third-order valence-corrected chi connectivity index (χ3v) is 2.57. The summed E-state index contributed by atoms with van der Waals surface area (Å²) in [5.41, 5.74) is 7.82. The maximum atomic E-state index is 5.90. The Labute approximate surface area is 102 Å². The quantitative estimate of drug-likeness (QED) is 0.712. The van der Waals surface area contributed by atoms with Crippen LogP contribution in [0.4, 0.5) is 5.69 Å². The van der Waals surface area contributed by atoms with Gasteiger partial charge in [0.15, 0.2) is 11.5 Å². The molecule has 3 aromatic heterocycles. The Morgan fingerprint density at radius 2 is 2.00 bits per heavy atom. The number of aromatic nitrogens is 4. The van der Waals surface area contributed by atoms with Crippen molar-refractivity contribution in [3.63, 3.8) is 0 Å². The number of halogens is 1. The molecule has 0 saturated carbocycles. The molecule has 3 rings (SSSR count). The van der Waals surface area contributed by atoms with Gasteiger partial charge in [-0.25, -0.2) is 9.50 Å². The summed E-state index contributed by atoms with van der Waals surface area (Å²) in [4.78, 5) is 8.31. The van der Waals surface area contributed by atoms with Crippen molar-refractivity contribution in [2.45, 2.75) is 0 Å². The second-order valence-electron chi connectivity index (χ2n) is 3.55. The minimum atomic E-state index is 0.505. The van der Waals surface area contributed by atoms with Crippen molar-refractivity contribution in [3.8, 4) is 11.4 Å². The lowest BCUT2D eigenvalue weighted by molar-refractivity contribution is 0.967. The number of hydrogen-bond acceptors (Lipinski definition) is 4. The third kappa shape index (κ3) is 1.70. The number of nitrogens with zero attached hydrogens (tertiary/aromatic N) is 4. The van der Waals surface area contributed by atoms with E-state index in [4.69, 9.17) is 17.3 Å². The number of nitrogens with two attached hydrogens (primary N) is 1. The lowest BCUT2D eigenvalue weighted by Crippen LogP contribution is -1.93. The van der Waals surface area contributed by atoms with Crippen LogP contribution in [0.15, 0.2) is 36.8 Å². The van der Waals surface area contributed by atoms with Crippen LogP contribution in [-0.4, -0.2) is 19.6 Å². The zero-order valence-electron chi connectivity index (χ0n) is 8.71. The van der Waals surface area contributed by atoms with Crippen molar-refractivity contribution in [3.05, 3.63) is 41.8 Å². The standard InChI is InChI=1S/C11H8ClN5/c12-8-5-9(13)11-15-10(16-17(11)6-8)7-1-3-14-4-2-7/h1-6H,13H2. The van der Waals surface area contributed by atoms with Gasteiger partial charge >= 0.3 is 0 Å². The molecular formula is C11H8ClN5. The lowest BCUT2D eigenvalue weighted by Gasteiger charge is -1.95. The van der Waals surface area contributed by atoms with Crippen LogP contribution >= 0.6 is 11.6 Å². The van der Waals surface area contributed by atoms with E-state index in [1.807, 2.05) is 12.1 Å². The van der Waals surface area contributed by atoms with Crippen molar-refractivity contribution in [1.82, 2.24) is 19.6 Å². The molecule has 0 bridgehead atoms. The fourth-order valence-corrected chi connectivity index (χ4v) is 1.81. The van der Waals surface area contributed by atoms with Gasteiger partial charge < -0.3 is 5.73 Å². The molecule has 3 heterocycles. The molecule has 2 N–H and O–H groups in total. The van der Waals surface area contributed by atoms with E-state index in [1.165, 1.54) is 0 Å². The average Bonchev–Trinajstić information content (AvgIpc) is 2.74. The molecule has 0 aromatic carbocycles. The first-order valence-corrected chi connectivity index (χ1v) is 5.33. The van der Waals surface area contributed by atoms with Gasteiger partial charge in [-0.05, 0) is 18.2 Å². The predicted molar refractivity (Wildman–Crippen MR) is 65.6 cm³/mol. The van der Waals surface area contributed by atoms with Crippen molar-refractivity contribution < 1.29 is 0 Å². The zero-order chi connectivity index (χ0) is 11.8. The monoisotopic (exact) mass is 245 g/mol. The van der Waals surface area contributed by atoms with E-state index >= 15 is 0 Å². The van der Waals surface area contributed by atoms with E-state index in [-0.39, 0.29) is 0 Å². The molecule has 17 heavy (non-hydrogen) atoms. The van der Waals surface area contributed by atoms with Gasteiger partial charge in [-0.2, -0.15) is 0 Å². The molecule has 0 radical (unpaired) electrons. The molecule has 0 atom stereocenters. The molecule has 0 spiro atoms. The molecule has 6 heteroatoms. The Morgan fingerprint density at radius 1 is 1.24 bits per heavy atom. The van der Waals surface area contributed by atoms with E-state index < -0.39 is 0 Å². The Balaban J connectivity index is 2.24. The van der Waals surface area contributed by atoms with Crippen LogP contribution in [0.3, 0.4) is 0 Å². The van der Waals surface area contributed by atoms with Gasteiger partial charge in [0.25, 0.3) is 0 Å². The molecule has 0 fully saturated rings. The largest absolute Gasteiger partial charge is 0.396 e. The molecule has 0 aliphatic carbocycles. The fourth-order valence-electron chi connectivity index (χ4n) is 1.60. The maximum absolute atomic E-state index is 5.90. The molecular weight excluding hydrogens is 238 g/mol. The Kier molecular flexibility index (Phi) is 2.19. The highest BCUT2D eigenvalue weighted by Gasteiger charge is 2.09. The van der Waals surface area contributed by atoms with Crippen LogP contribution in [0.2, 0.25) is 5.02 Å². The zero-order valence-corrected chi connectivity index (χ0v) is 9.46. The second-order valence-corrected chi connectivity index (χ2v) is 3.99. The van der Waals surface area contributed by atoms with Crippen LogP contribution in [0, 0.1) is 0 Å². The SMILES string of the molecule is Nc1cc(Cl)cn2nc(-c3ccncc3)nc12. The van der Waals surface area contributed by atoms with Crippen molar-refractivity contribution >= 4 is 22.9 Å². The summed E-state index contributed by atoms with van der Waals surface area (Å²) in [6, 6.07) is 5.33. The summed E-state index contributed by atoms with van der Waals surface area (Å²) in [6.45, 7) is 0. The first-order chi connectivity index (χ1) is 8.24. The molecule has 0 aliphatic rings. The van der Waals surface area contributed by atoms with Crippen molar-refractivity contribution in [2.24, 2.45) is 0 Å². The summed E-state index contributed by atoms with van der Waals surface area (Å²) in [6.07, 6.45) is 5.06. The van der Waals surface area contributed by atoms with Gasteiger partial charge in [0, 0.05) is 24.2 Å². The minimum absolute atomic E-state index is 0.505. The lowest BCUT2D eigenvalue weighted by atomic mass is 10.2. The number of nitrogen functional groups attached to an aromatic ring is 1. The van der Waals surface area contributed by atoms with Crippen LogP contribution < -0.4 is 5.73 Å². The predicted octanol–water partition coefficient (Wildman–Crippen LogP) is 2.03. The smallest absolute Gasteiger partial charge is 0.182 e. The van der Waals surface area contributed by atoms with E-state index in [0.717, 1.165) is 5.56 Å². The van der Waals surface area contributed by atoms with Crippen LogP contribution in [0.1, 0.15) is 0 Å². The van der Waals surface area contributed by atoms with Gasteiger partial charge in [-0.15, -0.1) is 5.10 Å². The number of hydrogen-bond donors (Lipinski definition) is 1. The fraction of sp³-hybridized carbons (Fsp3) is 0. The summed E-state index contributed by atoms with van der Waals surface area (Å²) in [7, 11) is 0. The van der Waals surface area contributed by atoms with Gasteiger partial charge in [-0.3, -0.25) is 4.98 Å². The van der Waals surface area contributed by atoms with E-state index in [0.29, 0.717) is 22.2 Å². The van der Waals surface area contributed by atoms with Crippen LogP contribution in [-0.2, 0) is 0 Å². The first-order valence-electron chi connectivity index (χ1n) is 4.96. The molecule has 0 unspecified atom stereocenters. The van der Waals surface area contributed by atoms with Crippen molar-refractivity contribution in [2.75, 3.05) is 5.73 Å². The highest BCUT2D eigenvalue weighted by molar-refractivity contribution is 6.30.